The molecule has 5 rings (SSSR count). The third-order valence-corrected chi connectivity index (χ3v) is 8.70. The Morgan fingerprint density at radius 2 is 1.98 bits per heavy atom. The van der Waals surface area contributed by atoms with Gasteiger partial charge in [0.1, 0.15) is 17.2 Å². The van der Waals surface area contributed by atoms with Gasteiger partial charge in [0.25, 0.3) is 5.91 Å². The van der Waals surface area contributed by atoms with Gasteiger partial charge in [-0.25, -0.2) is 8.78 Å². The first kappa shape index (κ1) is 32.4. The zero-order valence-electron chi connectivity index (χ0n) is 25.5. The number of amides is 1. The van der Waals surface area contributed by atoms with Crippen molar-refractivity contribution < 1.29 is 31.5 Å². The summed E-state index contributed by atoms with van der Waals surface area (Å²) in [4.78, 5) is 28.6. The van der Waals surface area contributed by atoms with E-state index >= 15 is 0 Å². The van der Waals surface area contributed by atoms with Gasteiger partial charge in [-0.05, 0) is 52.4 Å². The second kappa shape index (κ2) is 12.4. The lowest BCUT2D eigenvalue weighted by Crippen LogP contribution is -2.56. The fourth-order valence-corrected chi connectivity index (χ4v) is 6.40. The van der Waals surface area contributed by atoms with Gasteiger partial charge in [-0.1, -0.05) is 12.6 Å². The molecule has 9 nitrogen and oxygen atoms in total. The summed E-state index contributed by atoms with van der Waals surface area (Å²) in [5, 5.41) is 9.45. The average Bonchev–Trinajstić information content (AvgIpc) is 3.73. The van der Waals surface area contributed by atoms with Gasteiger partial charge >= 0.3 is 12.2 Å². The summed E-state index contributed by atoms with van der Waals surface area (Å²) in [6.45, 7) is 6.49. The number of anilines is 2. The summed E-state index contributed by atoms with van der Waals surface area (Å²) < 4.78 is 76.5. The Hall–Kier alpha value is -3.99. The van der Waals surface area contributed by atoms with Crippen LogP contribution in [0.3, 0.4) is 0 Å². The lowest BCUT2D eigenvalue weighted by molar-refractivity contribution is -0.139. The van der Waals surface area contributed by atoms with Crippen LogP contribution in [-0.2, 0) is 23.9 Å². The maximum absolute atomic E-state index is 14.6. The number of alkyl halides is 3. The van der Waals surface area contributed by atoms with Crippen molar-refractivity contribution in [1.82, 2.24) is 19.8 Å². The van der Waals surface area contributed by atoms with Gasteiger partial charge in [0, 0.05) is 43.2 Å². The van der Waals surface area contributed by atoms with Gasteiger partial charge in [0.15, 0.2) is 5.83 Å². The maximum Gasteiger partial charge on any atom is 0.421 e. The lowest BCUT2D eigenvalue weighted by atomic mass is 9.96. The van der Waals surface area contributed by atoms with Crippen LogP contribution >= 0.6 is 0 Å². The van der Waals surface area contributed by atoms with Crippen molar-refractivity contribution in [2.75, 3.05) is 56.7 Å². The Labute approximate surface area is 258 Å². The predicted octanol–water partition coefficient (Wildman–Crippen LogP) is 4.72. The van der Waals surface area contributed by atoms with Crippen molar-refractivity contribution >= 4 is 17.4 Å². The predicted molar refractivity (Wildman–Crippen MR) is 157 cm³/mol. The van der Waals surface area contributed by atoms with Crippen LogP contribution in [0.5, 0.6) is 6.01 Å². The topological polar surface area (TPSA) is 88.8 Å². The van der Waals surface area contributed by atoms with Crippen molar-refractivity contribution in [3.63, 3.8) is 0 Å². The van der Waals surface area contributed by atoms with E-state index in [1.165, 1.54) is 21.9 Å². The third-order valence-electron chi connectivity index (χ3n) is 8.70. The van der Waals surface area contributed by atoms with Crippen LogP contribution in [0.2, 0.25) is 0 Å². The molecule has 2 aliphatic heterocycles. The molecule has 45 heavy (non-hydrogen) atoms. The van der Waals surface area contributed by atoms with Crippen LogP contribution in [0.4, 0.5) is 33.5 Å². The maximum atomic E-state index is 14.6. The highest BCUT2D eigenvalue weighted by Gasteiger charge is 2.45. The molecule has 1 saturated heterocycles. The van der Waals surface area contributed by atoms with Crippen LogP contribution in [0.15, 0.2) is 30.6 Å². The smallest absolute Gasteiger partial charge is 0.421 e. The Bertz CT molecular complexity index is 1500. The number of halogens is 5. The minimum atomic E-state index is -4.91. The van der Waals surface area contributed by atoms with Gasteiger partial charge in [-0.2, -0.15) is 28.4 Å². The number of benzene rings is 1. The van der Waals surface area contributed by atoms with Crippen LogP contribution in [0.25, 0.3) is 0 Å². The molecule has 1 aromatic heterocycles. The first-order chi connectivity index (χ1) is 21.2. The van der Waals surface area contributed by atoms with Gasteiger partial charge in [-0.15, -0.1) is 0 Å². The number of ether oxygens (including phenoxy) is 1. The Morgan fingerprint density at radius 3 is 2.60 bits per heavy atom. The number of aromatic nitrogens is 2. The van der Waals surface area contributed by atoms with Gasteiger partial charge in [0.2, 0.25) is 0 Å². The van der Waals surface area contributed by atoms with Gasteiger partial charge < -0.3 is 24.3 Å². The average molecular weight is 634 g/mol. The SMILES string of the molecule is C=C(F)C(=O)N1CCN(c2nc(OCC3(CN(C)C)CC3)nc3c2C[C@H](C)N(c2cccc(F)c2C(F)(F)F)C3)CC1CC#N. The zero-order chi connectivity index (χ0) is 32.7. The molecule has 1 saturated carbocycles. The number of rotatable bonds is 9. The molecule has 14 heteroatoms. The van der Waals surface area contributed by atoms with E-state index in [9.17, 15) is 32.0 Å². The quantitative estimate of drug-likeness (QED) is 0.290. The molecule has 0 spiro atoms. The monoisotopic (exact) mass is 633 g/mol. The summed E-state index contributed by atoms with van der Waals surface area (Å²) in [6.07, 6.45) is -2.77. The molecular weight excluding hydrogens is 597 g/mol. The first-order valence-corrected chi connectivity index (χ1v) is 14.8. The highest BCUT2D eigenvalue weighted by atomic mass is 19.4. The minimum Gasteiger partial charge on any atom is -0.463 e. The van der Waals surface area contributed by atoms with E-state index in [1.807, 2.05) is 19.0 Å². The number of hydrogen-bond donors (Lipinski definition) is 0. The first-order valence-electron chi connectivity index (χ1n) is 14.8. The molecule has 1 unspecified atom stereocenters. The lowest BCUT2D eigenvalue weighted by Gasteiger charge is -2.43. The second-order valence-corrected chi connectivity index (χ2v) is 12.5. The molecule has 2 fully saturated rings. The normalized spacial score (nSPS) is 20.9. The molecule has 2 atom stereocenters. The Kier molecular flexibility index (Phi) is 8.95. The van der Waals surface area contributed by atoms with E-state index < -0.39 is 41.4 Å². The molecule has 0 radical (unpaired) electrons. The fraction of sp³-hybridized carbons (Fsp3) is 0.548. The van der Waals surface area contributed by atoms with E-state index in [2.05, 4.69) is 22.5 Å². The third kappa shape index (κ3) is 6.83. The van der Waals surface area contributed by atoms with E-state index in [-0.39, 0.29) is 56.1 Å². The van der Waals surface area contributed by atoms with Crippen LogP contribution in [0.1, 0.15) is 43.0 Å². The standard InChI is InChI=1S/C31H36F5N7O2/c1-19-14-22-24(16-43(19)25-7-5-6-23(33)26(25)31(34,35)36)38-29(45-18-30(9-10-30)17-40(3)4)39-27(22)41-12-13-42(28(44)20(2)32)21(15-41)8-11-37/h5-7,19,21H,2,8-10,12-18H2,1,3-4H3/t19-,21?/m0/s1. The molecule has 242 valence electrons. The van der Waals surface area contributed by atoms with E-state index in [4.69, 9.17) is 9.72 Å². The molecule has 1 aliphatic carbocycles. The number of hydrogen-bond acceptors (Lipinski definition) is 8. The Balaban J connectivity index is 1.52. The van der Waals surface area contributed by atoms with E-state index in [0.29, 0.717) is 23.7 Å². The zero-order valence-corrected chi connectivity index (χ0v) is 25.5. The van der Waals surface area contributed by atoms with Crippen molar-refractivity contribution in [3.05, 3.63) is 53.2 Å². The second-order valence-electron chi connectivity index (χ2n) is 12.5. The van der Waals surface area contributed by atoms with E-state index in [1.54, 1.807) is 6.92 Å². The van der Waals surface area contributed by atoms with Gasteiger partial charge in [0.05, 0.1) is 43.1 Å². The number of carbonyl (C=O) groups excluding carboxylic acids is 1. The molecule has 3 aliphatic rings. The molecule has 1 aromatic carbocycles. The number of nitrogens with zero attached hydrogens (tertiary/aromatic N) is 7. The molecular formula is C31H36F5N7O2. The van der Waals surface area contributed by atoms with Crippen molar-refractivity contribution in [2.45, 2.75) is 57.4 Å². The number of carbonyl (C=O) groups is 1. The number of fused-ring (bicyclic) bond motifs is 1. The molecule has 0 bridgehead atoms. The van der Waals surface area contributed by atoms with Crippen LogP contribution < -0.4 is 14.5 Å². The molecule has 2 aromatic rings. The summed E-state index contributed by atoms with van der Waals surface area (Å²) >= 11 is 0. The summed E-state index contributed by atoms with van der Waals surface area (Å²) in [5.74, 6) is -2.85. The molecule has 3 heterocycles. The van der Waals surface area contributed by atoms with Gasteiger partial charge in [-0.3, -0.25) is 4.79 Å². The van der Waals surface area contributed by atoms with E-state index in [0.717, 1.165) is 25.5 Å². The minimum absolute atomic E-state index is 0.0503. The fourth-order valence-electron chi connectivity index (χ4n) is 6.40. The van der Waals surface area contributed by atoms with Crippen molar-refractivity contribution in [2.24, 2.45) is 5.41 Å². The highest BCUT2D eigenvalue weighted by molar-refractivity contribution is 5.91. The summed E-state index contributed by atoms with van der Waals surface area (Å²) in [6, 6.07) is 4.29. The molecule has 0 N–H and O–H groups in total. The molecule has 1 amide bonds. The summed E-state index contributed by atoms with van der Waals surface area (Å²) in [5.41, 5.74) is -0.532. The number of piperazine rings is 1. The van der Waals surface area contributed by atoms with Crippen LogP contribution in [-0.4, -0.2) is 84.6 Å². The highest BCUT2D eigenvalue weighted by Crippen LogP contribution is 2.46. The number of nitriles is 1. The van der Waals surface area contributed by atoms with Crippen molar-refractivity contribution in [3.8, 4) is 12.1 Å². The van der Waals surface area contributed by atoms with Crippen molar-refractivity contribution in [1.29, 1.82) is 5.26 Å². The Morgan fingerprint density at radius 1 is 1.24 bits per heavy atom. The van der Waals surface area contributed by atoms with Crippen LogP contribution in [0, 0.1) is 22.6 Å². The largest absolute Gasteiger partial charge is 0.463 e. The summed E-state index contributed by atoms with van der Waals surface area (Å²) in [7, 11) is 3.95.